The first-order valence-corrected chi connectivity index (χ1v) is 9.95. The highest BCUT2D eigenvalue weighted by molar-refractivity contribution is 5.96. The summed E-state index contributed by atoms with van der Waals surface area (Å²) in [5.74, 6) is -0.371. The van der Waals surface area contributed by atoms with Gasteiger partial charge in [-0.05, 0) is 31.4 Å². The van der Waals surface area contributed by atoms with Gasteiger partial charge in [-0.1, -0.05) is 6.92 Å². The van der Waals surface area contributed by atoms with Crippen LogP contribution in [0.4, 0.5) is 19.1 Å². The van der Waals surface area contributed by atoms with Gasteiger partial charge < -0.3 is 15.7 Å². The fourth-order valence-electron chi connectivity index (χ4n) is 2.79. The molecule has 0 aliphatic carbocycles. The second-order valence-electron chi connectivity index (χ2n) is 6.96. The molecule has 1 unspecified atom stereocenters. The van der Waals surface area contributed by atoms with E-state index in [0.717, 1.165) is 11.1 Å². The molecular weight excluding hydrogens is 457 g/mol. The number of nitrogens with one attached hydrogen (secondary N) is 2. The van der Waals surface area contributed by atoms with Crippen LogP contribution in [0.3, 0.4) is 0 Å². The molecule has 11 nitrogen and oxygen atoms in total. The third-order valence-corrected chi connectivity index (χ3v) is 4.73. The third kappa shape index (κ3) is 6.70. The van der Waals surface area contributed by atoms with E-state index in [4.69, 9.17) is 9.90 Å². The van der Waals surface area contributed by atoms with Crippen LogP contribution in [0, 0.1) is 13.8 Å². The van der Waals surface area contributed by atoms with Crippen molar-refractivity contribution in [1.82, 2.24) is 35.0 Å². The number of rotatable bonds is 7. The average Bonchev–Trinajstić information content (AvgIpc) is 3.33. The van der Waals surface area contributed by atoms with Crippen molar-refractivity contribution in [3.05, 3.63) is 53.6 Å². The summed E-state index contributed by atoms with van der Waals surface area (Å²) in [6, 6.07) is -0.342. The van der Waals surface area contributed by atoms with Gasteiger partial charge in [-0.3, -0.25) is 9.59 Å². The van der Waals surface area contributed by atoms with E-state index in [1.165, 1.54) is 17.3 Å². The Labute approximate surface area is 192 Å². The van der Waals surface area contributed by atoms with Crippen molar-refractivity contribution in [2.75, 3.05) is 11.9 Å². The third-order valence-electron chi connectivity index (χ3n) is 4.73. The molecule has 1 atom stereocenters. The minimum atomic E-state index is -4.50. The van der Waals surface area contributed by atoms with Gasteiger partial charge in [0, 0.05) is 31.2 Å². The summed E-state index contributed by atoms with van der Waals surface area (Å²) in [4.78, 5) is 36.9. The summed E-state index contributed by atoms with van der Waals surface area (Å²) in [6.07, 6.45) is 1.94. The maximum absolute atomic E-state index is 12.9. The first-order chi connectivity index (χ1) is 16.1. The van der Waals surface area contributed by atoms with Crippen molar-refractivity contribution < 1.29 is 27.9 Å². The Morgan fingerprint density at radius 3 is 2.38 bits per heavy atom. The summed E-state index contributed by atoms with van der Waals surface area (Å²) in [5.41, 5.74) is 1.53. The highest BCUT2D eigenvalue weighted by atomic mass is 19.4. The van der Waals surface area contributed by atoms with Crippen molar-refractivity contribution in [1.29, 1.82) is 0 Å². The maximum atomic E-state index is 12.9. The summed E-state index contributed by atoms with van der Waals surface area (Å²) in [5, 5.41) is 16.7. The number of hydrogen-bond acceptors (Lipinski definition) is 8. The molecule has 3 aromatic heterocycles. The lowest BCUT2D eigenvalue weighted by Crippen LogP contribution is -2.40. The molecule has 3 aromatic rings. The number of aromatic nitrogens is 6. The molecule has 14 heteroatoms. The summed E-state index contributed by atoms with van der Waals surface area (Å²) in [6.45, 7) is 5.59. The smallest absolute Gasteiger partial charge is 0.419 e. The Balaban J connectivity index is 0.00000129. The van der Waals surface area contributed by atoms with E-state index < -0.39 is 17.6 Å². The monoisotopic (exact) mass is 480 g/mol. The maximum Gasteiger partial charge on any atom is 0.419 e. The van der Waals surface area contributed by atoms with Crippen LogP contribution in [-0.2, 0) is 11.0 Å². The second-order valence-corrected chi connectivity index (χ2v) is 6.96. The first-order valence-electron chi connectivity index (χ1n) is 9.95. The number of pyridine rings is 1. The zero-order valence-electron chi connectivity index (χ0n) is 18.5. The quantitative estimate of drug-likeness (QED) is 0.434. The van der Waals surface area contributed by atoms with Gasteiger partial charge in [0.2, 0.25) is 5.95 Å². The van der Waals surface area contributed by atoms with E-state index in [1.54, 1.807) is 6.20 Å². The van der Waals surface area contributed by atoms with Crippen molar-refractivity contribution in [3.8, 4) is 5.69 Å². The second kappa shape index (κ2) is 11.7. The van der Waals surface area contributed by atoms with Crippen LogP contribution >= 0.6 is 0 Å². The minimum Gasteiger partial charge on any atom is -0.483 e. The zero-order chi connectivity index (χ0) is 25.3. The number of carbonyl (C=O) groups is 2. The molecule has 182 valence electrons. The Bertz CT molecular complexity index is 1090. The molecule has 0 aromatic carbocycles. The Morgan fingerprint density at radius 2 is 1.85 bits per heavy atom. The van der Waals surface area contributed by atoms with E-state index in [0.29, 0.717) is 24.5 Å². The molecule has 0 spiro atoms. The largest absolute Gasteiger partial charge is 0.483 e. The molecule has 0 aliphatic rings. The summed E-state index contributed by atoms with van der Waals surface area (Å²) >= 11 is 0. The normalized spacial score (nSPS) is 11.7. The lowest BCUT2D eigenvalue weighted by molar-refractivity contribution is -0.138. The van der Waals surface area contributed by atoms with E-state index >= 15 is 0 Å². The Morgan fingerprint density at radius 1 is 1.21 bits per heavy atom. The van der Waals surface area contributed by atoms with Crippen LogP contribution < -0.4 is 10.6 Å². The van der Waals surface area contributed by atoms with Crippen LogP contribution in [0.25, 0.3) is 5.69 Å². The van der Waals surface area contributed by atoms with Gasteiger partial charge in [0.1, 0.15) is 18.3 Å². The van der Waals surface area contributed by atoms with Crippen molar-refractivity contribution in [3.63, 3.8) is 0 Å². The number of alkyl halides is 3. The highest BCUT2D eigenvalue weighted by Gasteiger charge is 2.31. The van der Waals surface area contributed by atoms with Gasteiger partial charge >= 0.3 is 6.18 Å². The summed E-state index contributed by atoms with van der Waals surface area (Å²) in [7, 11) is 0. The Kier molecular flexibility index (Phi) is 8.98. The highest BCUT2D eigenvalue weighted by Crippen LogP contribution is 2.28. The lowest BCUT2D eigenvalue weighted by atomic mass is 10.1. The SMILES string of the molecule is CCC(CNc1ncc(C(F)(F)F)cn1)NC(=O)c1ncc(C)c(C)c1-n1cncn1.O=CO. The van der Waals surface area contributed by atoms with Gasteiger partial charge in [0.25, 0.3) is 12.4 Å². The van der Waals surface area contributed by atoms with Crippen LogP contribution in [0.1, 0.15) is 40.5 Å². The molecular formula is C20H23F3N8O3. The molecule has 0 saturated heterocycles. The van der Waals surface area contributed by atoms with Crippen LogP contribution in [0.5, 0.6) is 0 Å². The van der Waals surface area contributed by atoms with Gasteiger partial charge in [0.05, 0.1) is 5.56 Å². The number of carboxylic acid groups (broad SMARTS) is 1. The van der Waals surface area contributed by atoms with Gasteiger partial charge in [0.15, 0.2) is 5.69 Å². The minimum absolute atomic E-state index is 0.0355. The van der Waals surface area contributed by atoms with Gasteiger partial charge in [-0.2, -0.15) is 18.3 Å². The fourth-order valence-corrected chi connectivity index (χ4v) is 2.79. The number of nitrogens with zero attached hydrogens (tertiary/aromatic N) is 6. The lowest BCUT2D eigenvalue weighted by Gasteiger charge is -2.19. The molecule has 0 bridgehead atoms. The predicted molar refractivity (Wildman–Crippen MR) is 114 cm³/mol. The number of anilines is 1. The molecule has 0 aliphatic heterocycles. The van der Waals surface area contributed by atoms with E-state index in [-0.39, 0.29) is 30.7 Å². The zero-order valence-corrected chi connectivity index (χ0v) is 18.5. The molecule has 3 heterocycles. The van der Waals surface area contributed by atoms with Crippen molar-refractivity contribution in [2.45, 2.75) is 39.4 Å². The van der Waals surface area contributed by atoms with Gasteiger partial charge in [-0.15, -0.1) is 0 Å². The molecule has 34 heavy (non-hydrogen) atoms. The van der Waals surface area contributed by atoms with E-state index in [9.17, 15) is 18.0 Å². The number of halogens is 3. The molecule has 3 rings (SSSR count). The van der Waals surface area contributed by atoms with Gasteiger partial charge in [-0.25, -0.2) is 24.6 Å². The predicted octanol–water partition coefficient (Wildman–Crippen LogP) is 2.41. The fraction of sp³-hybridized carbons (Fsp3) is 0.350. The first kappa shape index (κ1) is 26.2. The summed E-state index contributed by atoms with van der Waals surface area (Å²) < 4.78 is 39.3. The van der Waals surface area contributed by atoms with Crippen LogP contribution in [-0.4, -0.2) is 59.8 Å². The topological polar surface area (TPSA) is 148 Å². The molecule has 1 amide bonds. The molecule has 0 radical (unpaired) electrons. The van der Waals surface area contributed by atoms with E-state index in [2.05, 4.69) is 35.7 Å². The van der Waals surface area contributed by atoms with E-state index in [1.807, 2.05) is 20.8 Å². The van der Waals surface area contributed by atoms with Crippen molar-refractivity contribution in [2.24, 2.45) is 0 Å². The number of aryl methyl sites for hydroxylation is 1. The Hall–Kier alpha value is -4.10. The number of carbonyl (C=O) groups excluding carboxylic acids is 1. The van der Waals surface area contributed by atoms with Crippen LogP contribution in [0.15, 0.2) is 31.2 Å². The number of amides is 1. The average molecular weight is 480 g/mol. The molecule has 0 fully saturated rings. The standard InChI is InChI=1S/C19H21F3N8O.CH2O2/c1-4-14(8-27-18-25-6-13(7-26-18)19(20,21)22)29-17(31)15-16(30-10-23-9-28-30)12(3)11(2)5-24-15;2-1-3/h5-7,9-10,14H,4,8H2,1-3H3,(H,29,31)(H,25,26,27);1H,(H,2,3). The molecule has 3 N–H and O–H groups in total. The van der Waals surface area contributed by atoms with Crippen LogP contribution in [0.2, 0.25) is 0 Å². The molecule has 0 saturated carbocycles. The number of hydrogen-bond donors (Lipinski definition) is 3. The van der Waals surface area contributed by atoms with Crippen molar-refractivity contribution >= 4 is 18.3 Å².